The molecule has 12 nitrogen and oxygen atoms in total. The lowest BCUT2D eigenvalue weighted by atomic mass is 10.2. The first kappa shape index (κ1) is 42.0. The van der Waals surface area contributed by atoms with Gasteiger partial charge in [0, 0.05) is 71.0 Å². The summed E-state index contributed by atoms with van der Waals surface area (Å²) in [6.45, 7) is 0. The summed E-state index contributed by atoms with van der Waals surface area (Å²) < 4.78 is 23.0. The summed E-state index contributed by atoms with van der Waals surface area (Å²) in [6.07, 6.45) is 8.72. The summed E-state index contributed by atoms with van der Waals surface area (Å²) in [5.41, 5.74) is 12.9. The van der Waals surface area contributed by atoms with Gasteiger partial charge in [-0.25, -0.2) is 9.97 Å². The molecule has 4 heterocycles. The van der Waals surface area contributed by atoms with Gasteiger partial charge in [0.25, 0.3) is 0 Å². The molecule has 8 rings (SSSR count). The molecule has 0 saturated carbocycles. The number of nitrogen functional groups attached to an aromatic ring is 1. The highest BCUT2D eigenvalue weighted by molar-refractivity contribution is 7.80. The maximum atomic E-state index is 5.75. The van der Waals surface area contributed by atoms with Crippen molar-refractivity contribution in [3.63, 3.8) is 0 Å². The van der Waals surface area contributed by atoms with Gasteiger partial charge in [0.15, 0.2) is 5.11 Å². The maximum absolute atomic E-state index is 5.75. The number of thiocarbonyl (C=S) groups is 2. The van der Waals surface area contributed by atoms with Gasteiger partial charge in [0.1, 0.15) is 38.7 Å². The minimum atomic E-state index is 0.458. The quantitative estimate of drug-likeness (QED) is 0.0680. The lowest BCUT2D eigenvalue weighted by Crippen LogP contribution is -2.19. The Balaban J connectivity index is 0.000000164. The number of pyridine rings is 2. The zero-order valence-electron chi connectivity index (χ0n) is 32.3. The van der Waals surface area contributed by atoms with E-state index in [1.54, 1.807) is 81.9 Å². The highest BCUT2D eigenvalue weighted by atomic mass is 32.1. The van der Waals surface area contributed by atoms with Crippen LogP contribution in [0.25, 0.3) is 41.6 Å². The zero-order valence-corrected chi connectivity index (χ0v) is 35.5. The fourth-order valence-corrected chi connectivity index (χ4v) is 7.54. The average molecular weight is 859 g/mol. The number of hydrogen-bond donors (Lipinski definition) is 3. The van der Waals surface area contributed by atoms with Crippen LogP contribution >= 0.6 is 47.1 Å². The second-order valence-electron chi connectivity index (χ2n) is 12.0. The number of aromatic nitrogens is 4. The van der Waals surface area contributed by atoms with Gasteiger partial charge in [0.2, 0.25) is 0 Å². The number of nitrogens with zero attached hydrogens (tertiary/aromatic N) is 5. The van der Waals surface area contributed by atoms with Crippen molar-refractivity contribution in [2.75, 3.05) is 44.8 Å². The number of benzene rings is 4. The zero-order chi connectivity index (χ0) is 41.6. The van der Waals surface area contributed by atoms with Gasteiger partial charge in [-0.3, -0.25) is 15.0 Å². The average Bonchev–Trinajstić information content (AvgIpc) is 3.92. The molecule has 4 N–H and O–H groups in total. The highest BCUT2D eigenvalue weighted by Gasteiger charge is 2.10. The summed E-state index contributed by atoms with van der Waals surface area (Å²) in [5, 5.41) is 10.2. The standard InChI is InChI=1S/C21H18N4O2S2.C12H9N3S.C10H11NO2S/c1-26-15-6-7-16(18(11-15)27-2)25-21(28)23-14-5-3-4-13(10-14)20-24-17-8-9-22-12-19(17)29-20;13-9-3-1-2-8(6-9)12-15-10-4-5-14-7-11(10)16-12;1-12-8-3-4-9(11-5-6-14)10(7-8)13-2/h3-12H,1-2H3,(H2,23,25,28);1-7H,13H2;3-7H,1-2H3. The van der Waals surface area contributed by atoms with Crippen LogP contribution in [0.5, 0.6) is 23.0 Å². The predicted octanol–water partition coefficient (Wildman–Crippen LogP) is 10.5. The number of hydrogen-bond acceptors (Lipinski definition) is 14. The number of anilines is 3. The van der Waals surface area contributed by atoms with E-state index in [0.717, 1.165) is 70.1 Å². The Morgan fingerprint density at radius 3 is 1.85 bits per heavy atom. The fraction of sp³-hybridized carbons (Fsp3) is 0.0930. The third-order valence-corrected chi connectivity index (χ3v) is 10.6. The molecule has 8 aromatic rings. The number of fused-ring (bicyclic) bond motifs is 2. The van der Waals surface area contributed by atoms with E-state index >= 15 is 0 Å². The van der Waals surface area contributed by atoms with E-state index in [9.17, 15) is 0 Å². The van der Waals surface area contributed by atoms with Gasteiger partial charge in [-0.05, 0) is 72.9 Å². The minimum Gasteiger partial charge on any atom is -0.497 e. The number of thiazole rings is 2. The molecule has 0 spiro atoms. The summed E-state index contributed by atoms with van der Waals surface area (Å²) in [7, 11) is 6.41. The summed E-state index contributed by atoms with van der Waals surface area (Å²) >= 11 is 13.3. The molecule has 0 aliphatic carbocycles. The van der Waals surface area contributed by atoms with Crippen LogP contribution in [0.3, 0.4) is 0 Å². The summed E-state index contributed by atoms with van der Waals surface area (Å²) in [5.74, 6) is 2.76. The molecular weight excluding hydrogens is 821 g/mol. The van der Waals surface area contributed by atoms with Crippen molar-refractivity contribution >= 4 is 107 Å². The Morgan fingerprint density at radius 1 is 0.678 bits per heavy atom. The number of aliphatic imine (C=N–C) groups is 1. The van der Waals surface area contributed by atoms with Crippen LogP contribution < -0.4 is 35.3 Å². The molecule has 0 radical (unpaired) electrons. The second-order valence-corrected chi connectivity index (χ2v) is 14.8. The number of rotatable bonds is 10. The molecule has 0 fully saturated rings. The Morgan fingerprint density at radius 2 is 1.27 bits per heavy atom. The molecule has 0 amide bonds. The molecule has 4 aromatic carbocycles. The van der Waals surface area contributed by atoms with Crippen molar-refractivity contribution in [2.45, 2.75) is 0 Å². The van der Waals surface area contributed by atoms with Gasteiger partial charge in [-0.2, -0.15) is 0 Å². The molecule has 16 heteroatoms. The van der Waals surface area contributed by atoms with E-state index in [4.69, 9.17) is 36.9 Å². The van der Waals surface area contributed by atoms with Crippen LogP contribution in [0.4, 0.5) is 22.7 Å². The molecule has 0 unspecified atom stereocenters. The maximum Gasteiger partial charge on any atom is 0.175 e. The number of methoxy groups -OCH3 is 4. The van der Waals surface area contributed by atoms with Crippen molar-refractivity contribution in [1.82, 2.24) is 19.9 Å². The number of nitrogens with two attached hydrogens (primary N) is 1. The second kappa shape index (κ2) is 20.7. The van der Waals surface area contributed by atoms with E-state index in [1.165, 1.54) is 5.37 Å². The van der Waals surface area contributed by atoms with Gasteiger partial charge >= 0.3 is 0 Å². The Hall–Kier alpha value is -6.59. The lowest BCUT2D eigenvalue weighted by Gasteiger charge is -2.14. The largest absolute Gasteiger partial charge is 0.497 e. The first-order valence-electron chi connectivity index (χ1n) is 17.7. The van der Waals surface area contributed by atoms with E-state index in [0.29, 0.717) is 22.4 Å². The number of ether oxygens (including phenoxy) is 4. The Labute approximate surface area is 359 Å². The van der Waals surface area contributed by atoms with E-state index < -0.39 is 0 Å². The molecule has 0 aliphatic rings. The minimum absolute atomic E-state index is 0.458. The monoisotopic (exact) mass is 858 g/mol. The molecular formula is C43H38N8O4S4. The Kier molecular flexibility index (Phi) is 14.8. The SMILES string of the molecule is COc1ccc(N=CC=S)c(OC)c1.COc1ccc(NC(=S)Nc2cccc(-c3nc4ccncc4s3)c2)c(OC)c1.Nc1cccc(-c2nc3ccncc3s2)c1. The van der Waals surface area contributed by atoms with E-state index in [-0.39, 0.29) is 0 Å². The third-order valence-electron chi connectivity index (χ3n) is 8.20. The van der Waals surface area contributed by atoms with Gasteiger partial charge < -0.3 is 35.3 Å². The molecule has 298 valence electrons. The summed E-state index contributed by atoms with van der Waals surface area (Å²) in [6, 6.07) is 30.5. The molecule has 0 saturated heterocycles. The van der Waals surface area contributed by atoms with E-state index in [1.807, 2.05) is 97.3 Å². The van der Waals surface area contributed by atoms with Crippen LogP contribution in [0.1, 0.15) is 0 Å². The van der Waals surface area contributed by atoms with Crippen LogP contribution in [0.15, 0.2) is 127 Å². The third kappa shape index (κ3) is 11.3. The van der Waals surface area contributed by atoms with Crippen molar-refractivity contribution < 1.29 is 18.9 Å². The summed E-state index contributed by atoms with van der Waals surface area (Å²) in [4.78, 5) is 21.6. The van der Waals surface area contributed by atoms with E-state index in [2.05, 4.69) is 47.8 Å². The Bertz CT molecular complexity index is 2660. The molecule has 4 aromatic heterocycles. The topological polar surface area (TPSA) is 151 Å². The molecule has 0 aliphatic heterocycles. The molecule has 0 atom stereocenters. The lowest BCUT2D eigenvalue weighted by molar-refractivity contribution is 0.395. The highest BCUT2D eigenvalue weighted by Crippen LogP contribution is 2.33. The normalized spacial score (nSPS) is 10.5. The van der Waals surface area contributed by atoms with Crippen LogP contribution in [-0.2, 0) is 0 Å². The van der Waals surface area contributed by atoms with Crippen LogP contribution in [0.2, 0.25) is 0 Å². The number of nitrogens with one attached hydrogen (secondary N) is 2. The fourth-order valence-electron chi connectivity index (χ4n) is 5.40. The van der Waals surface area contributed by atoms with Crippen molar-refractivity contribution in [1.29, 1.82) is 0 Å². The van der Waals surface area contributed by atoms with Gasteiger partial charge in [-0.15, -0.1) is 22.7 Å². The van der Waals surface area contributed by atoms with Crippen molar-refractivity contribution in [2.24, 2.45) is 4.99 Å². The van der Waals surface area contributed by atoms with Crippen LogP contribution in [0, 0.1) is 0 Å². The van der Waals surface area contributed by atoms with Crippen molar-refractivity contribution in [3.8, 4) is 44.1 Å². The van der Waals surface area contributed by atoms with Gasteiger partial charge in [-0.1, -0.05) is 36.5 Å². The smallest absolute Gasteiger partial charge is 0.175 e. The predicted molar refractivity (Wildman–Crippen MR) is 251 cm³/mol. The first-order chi connectivity index (χ1) is 28.8. The van der Waals surface area contributed by atoms with Crippen LogP contribution in [-0.4, -0.2) is 65.1 Å². The first-order valence-corrected chi connectivity index (χ1v) is 20.2. The van der Waals surface area contributed by atoms with Gasteiger partial charge in [0.05, 0.1) is 54.6 Å². The van der Waals surface area contributed by atoms with Crippen molar-refractivity contribution in [3.05, 3.63) is 122 Å². The molecule has 0 bridgehead atoms. The molecule has 59 heavy (non-hydrogen) atoms.